The molecule has 1 aliphatic rings. The molecule has 0 saturated carbocycles. The van der Waals surface area contributed by atoms with Crippen molar-refractivity contribution < 1.29 is 9.50 Å². The standard InChI is InChI=1S/C15H23FN2O/c1-10(17)12-4-3-7-18(9-12)11(2)14-6-5-13(19)8-15(14)16/h5-6,8,10-12,19H,3-4,7,9,17H2,1-2H3. The molecule has 0 radical (unpaired) electrons. The van der Waals surface area contributed by atoms with Crippen molar-refractivity contribution in [3.63, 3.8) is 0 Å². The van der Waals surface area contributed by atoms with Gasteiger partial charge in [-0.15, -0.1) is 0 Å². The van der Waals surface area contributed by atoms with E-state index in [9.17, 15) is 9.50 Å². The quantitative estimate of drug-likeness (QED) is 0.884. The zero-order chi connectivity index (χ0) is 14.0. The number of phenolic OH excluding ortho intramolecular Hbond substituents is 1. The first-order valence-electron chi connectivity index (χ1n) is 6.97. The summed E-state index contributed by atoms with van der Waals surface area (Å²) in [5.74, 6) is 0.118. The van der Waals surface area contributed by atoms with Gasteiger partial charge in [-0.2, -0.15) is 0 Å². The number of nitrogens with zero attached hydrogens (tertiary/aromatic N) is 1. The molecule has 0 amide bonds. The molecular formula is C15H23FN2O. The van der Waals surface area contributed by atoms with E-state index in [1.165, 1.54) is 6.07 Å². The van der Waals surface area contributed by atoms with Crippen LogP contribution in [0.3, 0.4) is 0 Å². The van der Waals surface area contributed by atoms with Crippen LogP contribution in [-0.4, -0.2) is 29.1 Å². The van der Waals surface area contributed by atoms with Crippen LogP contribution in [0, 0.1) is 11.7 Å². The van der Waals surface area contributed by atoms with Gasteiger partial charge in [-0.05, 0) is 45.2 Å². The maximum Gasteiger partial charge on any atom is 0.131 e. The number of benzene rings is 1. The molecule has 0 aliphatic carbocycles. The zero-order valence-corrected chi connectivity index (χ0v) is 11.6. The Balaban J connectivity index is 2.12. The summed E-state index contributed by atoms with van der Waals surface area (Å²) < 4.78 is 13.9. The molecule has 1 heterocycles. The van der Waals surface area contributed by atoms with Crippen molar-refractivity contribution in [2.24, 2.45) is 11.7 Å². The molecule has 3 N–H and O–H groups in total. The van der Waals surface area contributed by atoms with Crippen molar-refractivity contribution in [2.45, 2.75) is 38.8 Å². The van der Waals surface area contributed by atoms with E-state index in [1.54, 1.807) is 12.1 Å². The minimum atomic E-state index is -0.338. The summed E-state index contributed by atoms with van der Waals surface area (Å²) in [5, 5.41) is 9.27. The lowest BCUT2D eigenvalue weighted by atomic mass is 9.90. The van der Waals surface area contributed by atoms with Crippen molar-refractivity contribution >= 4 is 0 Å². The van der Waals surface area contributed by atoms with E-state index >= 15 is 0 Å². The number of rotatable bonds is 3. The fraction of sp³-hybridized carbons (Fsp3) is 0.600. The lowest BCUT2D eigenvalue weighted by Gasteiger charge is -2.38. The van der Waals surface area contributed by atoms with Crippen molar-refractivity contribution in [3.05, 3.63) is 29.6 Å². The van der Waals surface area contributed by atoms with Gasteiger partial charge >= 0.3 is 0 Å². The monoisotopic (exact) mass is 266 g/mol. The Bertz CT molecular complexity index is 436. The van der Waals surface area contributed by atoms with Crippen molar-refractivity contribution in [1.82, 2.24) is 4.90 Å². The Morgan fingerprint density at radius 3 is 2.79 bits per heavy atom. The van der Waals surface area contributed by atoms with E-state index < -0.39 is 0 Å². The Morgan fingerprint density at radius 2 is 2.16 bits per heavy atom. The summed E-state index contributed by atoms with van der Waals surface area (Å²) in [5.41, 5.74) is 6.63. The third-order valence-corrected chi connectivity index (χ3v) is 4.21. The molecule has 3 nitrogen and oxygen atoms in total. The van der Waals surface area contributed by atoms with Gasteiger partial charge in [0.25, 0.3) is 0 Å². The lowest BCUT2D eigenvalue weighted by Crippen LogP contribution is -2.43. The maximum atomic E-state index is 13.9. The number of halogens is 1. The number of piperidine rings is 1. The minimum Gasteiger partial charge on any atom is -0.508 e. The van der Waals surface area contributed by atoms with Crippen LogP contribution >= 0.6 is 0 Å². The van der Waals surface area contributed by atoms with Gasteiger partial charge in [-0.1, -0.05) is 6.07 Å². The van der Waals surface area contributed by atoms with Crippen molar-refractivity contribution in [2.75, 3.05) is 13.1 Å². The first-order chi connectivity index (χ1) is 8.99. The van der Waals surface area contributed by atoms with Crippen LogP contribution < -0.4 is 5.73 Å². The molecule has 1 aliphatic heterocycles. The van der Waals surface area contributed by atoms with E-state index in [0.29, 0.717) is 11.5 Å². The second-order valence-electron chi connectivity index (χ2n) is 5.64. The maximum absolute atomic E-state index is 13.9. The average Bonchev–Trinajstić information content (AvgIpc) is 2.38. The van der Waals surface area contributed by atoms with Gasteiger partial charge in [-0.25, -0.2) is 4.39 Å². The highest BCUT2D eigenvalue weighted by Gasteiger charge is 2.27. The molecule has 19 heavy (non-hydrogen) atoms. The normalized spacial score (nSPS) is 24.1. The highest BCUT2D eigenvalue weighted by Crippen LogP contribution is 2.30. The largest absolute Gasteiger partial charge is 0.508 e. The molecule has 1 saturated heterocycles. The van der Waals surface area contributed by atoms with E-state index in [1.807, 2.05) is 13.8 Å². The van der Waals surface area contributed by atoms with Crippen LogP contribution in [0.4, 0.5) is 4.39 Å². The fourth-order valence-corrected chi connectivity index (χ4v) is 2.87. The van der Waals surface area contributed by atoms with Crippen LogP contribution in [0.2, 0.25) is 0 Å². The minimum absolute atomic E-state index is 0.0159. The predicted molar refractivity (Wildman–Crippen MR) is 74.4 cm³/mol. The molecule has 0 spiro atoms. The molecule has 2 rings (SSSR count). The molecule has 0 bridgehead atoms. The van der Waals surface area contributed by atoms with Crippen LogP contribution in [0.25, 0.3) is 0 Å². The van der Waals surface area contributed by atoms with Gasteiger partial charge < -0.3 is 10.8 Å². The SMILES string of the molecule is CC(N)C1CCCN(C(C)c2ccc(O)cc2F)C1. The summed E-state index contributed by atoms with van der Waals surface area (Å²) in [6.07, 6.45) is 2.26. The zero-order valence-electron chi connectivity index (χ0n) is 11.6. The van der Waals surface area contributed by atoms with Crippen LogP contribution in [0.5, 0.6) is 5.75 Å². The van der Waals surface area contributed by atoms with Crippen molar-refractivity contribution in [1.29, 1.82) is 0 Å². The second-order valence-corrected chi connectivity index (χ2v) is 5.64. The van der Waals surface area contributed by atoms with Gasteiger partial charge in [0.05, 0.1) is 0 Å². The third kappa shape index (κ3) is 3.25. The summed E-state index contributed by atoms with van der Waals surface area (Å²) in [4.78, 5) is 2.28. The molecule has 106 valence electrons. The highest BCUT2D eigenvalue weighted by atomic mass is 19.1. The Kier molecular flexibility index (Phi) is 4.42. The number of hydrogen-bond donors (Lipinski definition) is 2. The third-order valence-electron chi connectivity index (χ3n) is 4.21. The number of phenols is 1. The second kappa shape index (κ2) is 5.88. The predicted octanol–water partition coefficient (Wildman–Crippen LogP) is 2.65. The molecule has 0 aromatic heterocycles. The summed E-state index contributed by atoms with van der Waals surface area (Å²) in [7, 11) is 0. The topological polar surface area (TPSA) is 49.5 Å². The van der Waals surface area contributed by atoms with Gasteiger partial charge in [0.15, 0.2) is 0 Å². The van der Waals surface area contributed by atoms with Gasteiger partial charge in [0, 0.05) is 30.3 Å². The van der Waals surface area contributed by atoms with Crippen LogP contribution in [0.1, 0.15) is 38.3 Å². The summed E-state index contributed by atoms with van der Waals surface area (Å²) in [6, 6.07) is 4.59. The molecular weight excluding hydrogens is 243 g/mol. The number of nitrogens with two attached hydrogens (primary N) is 1. The van der Waals surface area contributed by atoms with E-state index in [-0.39, 0.29) is 23.7 Å². The van der Waals surface area contributed by atoms with Crippen LogP contribution in [-0.2, 0) is 0 Å². The molecule has 3 unspecified atom stereocenters. The van der Waals surface area contributed by atoms with Gasteiger partial charge in [0.2, 0.25) is 0 Å². The first-order valence-corrected chi connectivity index (χ1v) is 6.97. The number of aromatic hydroxyl groups is 1. The lowest BCUT2D eigenvalue weighted by molar-refractivity contribution is 0.119. The fourth-order valence-electron chi connectivity index (χ4n) is 2.87. The van der Waals surface area contributed by atoms with E-state index in [0.717, 1.165) is 25.9 Å². The van der Waals surface area contributed by atoms with Gasteiger partial charge in [0.1, 0.15) is 11.6 Å². The first kappa shape index (κ1) is 14.3. The number of hydrogen-bond acceptors (Lipinski definition) is 3. The molecule has 3 atom stereocenters. The Morgan fingerprint density at radius 1 is 1.42 bits per heavy atom. The van der Waals surface area contributed by atoms with E-state index in [4.69, 9.17) is 5.73 Å². The molecule has 1 fully saturated rings. The molecule has 1 aromatic carbocycles. The number of likely N-dealkylation sites (tertiary alicyclic amines) is 1. The van der Waals surface area contributed by atoms with E-state index in [2.05, 4.69) is 4.90 Å². The Hall–Kier alpha value is -1.13. The highest BCUT2D eigenvalue weighted by molar-refractivity contribution is 5.29. The molecule has 1 aromatic rings. The summed E-state index contributed by atoms with van der Waals surface area (Å²) >= 11 is 0. The average molecular weight is 266 g/mol. The Labute approximate surface area is 114 Å². The van der Waals surface area contributed by atoms with Crippen LogP contribution in [0.15, 0.2) is 18.2 Å². The molecule has 4 heteroatoms. The van der Waals surface area contributed by atoms with Crippen molar-refractivity contribution in [3.8, 4) is 5.75 Å². The summed E-state index contributed by atoms with van der Waals surface area (Å²) in [6.45, 7) is 5.95. The smallest absolute Gasteiger partial charge is 0.131 e. The van der Waals surface area contributed by atoms with Gasteiger partial charge in [-0.3, -0.25) is 4.90 Å².